The van der Waals surface area contributed by atoms with Gasteiger partial charge in [0.05, 0.1) is 35.8 Å². The molecule has 0 aliphatic rings. The van der Waals surface area contributed by atoms with Gasteiger partial charge in [0.2, 0.25) is 5.91 Å². The van der Waals surface area contributed by atoms with Gasteiger partial charge < -0.3 is 10.1 Å². The molecule has 2 aromatic rings. The molecule has 2 heterocycles. The number of amides is 1. The second-order valence-electron chi connectivity index (χ2n) is 5.06. The molecule has 9 heteroatoms. The number of rotatable bonds is 5. The molecule has 0 aliphatic heterocycles. The Morgan fingerprint density at radius 1 is 1.35 bits per heavy atom. The molecule has 2 aromatic heterocycles. The molecule has 0 fully saturated rings. The molecule has 1 N–H and O–H groups in total. The third kappa shape index (κ3) is 3.70. The van der Waals surface area contributed by atoms with Crippen molar-refractivity contribution in [3.63, 3.8) is 0 Å². The summed E-state index contributed by atoms with van der Waals surface area (Å²) in [5.41, 5.74) is 1.92. The highest BCUT2D eigenvalue weighted by molar-refractivity contribution is 6.31. The van der Waals surface area contributed by atoms with Crippen LogP contribution >= 0.6 is 11.6 Å². The molecule has 1 amide bonds. The van der Waals surface area contributed by atoms with Gasteiger partial charge >= 0.3 is 5.97 Å². The summed E-state index contributed by atoms with van der Waals surface area (Å²) in [5.74, 6) is -0.863. The summed E-state index contributed by atoms with van der Waals surface area (Å²) in [7, 11) is 2.91. The summed E-state index contributed by atoms with van der Waals surface area (Å²) in [5, 5.41) is 11.5. The Kier molecular flexibility index (Phi) is 5.05. The molecule has 0 aliphatic carbocycles. The van der Waals surface area contributed by atoms with Crippen LogP contribution < -0.4 is 5.32 Å². The molecule has 0 bridgehead atoms. The standard InChI is InChI=1S/C14H18ClN5O3/c1-8-12(15)9(2)20(17-8)6-5-11(21)16-10-7-19(3)18-13(10)14(22)23-4/h7H,5-6H2,1-4H3,(H,16,21). The Balaban J connectivity index is 2.03. The number of methoxy groups -OCH3 is 1. The zero-order chi connectivity index (χ0) is 17.1. The summed E-state index contributed by atoms with van der Waals surface area (Å²) in [6.45, 7) is 4.04. The van der Waals surface area contributed by atoms with E-state index in [1.807, 2.05) is 13.8 Å². The second-order valence-corrected chi connectivity index (χ2v) is 5.44. The second kappa shape index (κ2) is 6.82. The Morgan fingerprint density at radius 2 is 2.04 bits per heavy atom. The molecule has 0 saturated heterocycles. The number of aryl methyl sites for hydroxylation is 3. The lowest BCUT2D eigenvalue weighted by atomic mass is 10.3. The number of aromatic nitrogens is 4. The van der Waals surface area contributed by atoms with Gasteiger partial charge in [0, 0.05) is 19.7 Å². The highest BCUT2D eigenvalue weighted by Crippen LogP contribution is 2.19. The first-order valence-corrected chi connectivity index (χ1v) is 7.32. The predicted molar refractivity (Wildman–Crippen MR) is 84.5 cm³/mol. The van der Waals surface area contributed by atoms with E-state index in [0.29, 0.717) is 17.3 Å². The molecular weight excluding hydrogens is 322 g/mol. The maximum Gasteiger partial charge on any atom is 0.360 e. The molecule has 0 radical (unpaired) electrons. The van der Waals surface area contributed by atoms with Crippen LogP contribution in [0.15, 0.2) is 6.20 Å². The fraction of sp³-hybridized carbons (Fsp3) is 0.429. The zero-order valence-corrected chi connectivity index (χ0v) is 14.1. The first-order chi connectivity index (χ1) is 10.8. The number of anilines is 1. The van der Waals surface area contributed by atoms with Crippen LogP contribution in [0.25, 0.3) is 0 Å². The molecule has 0 atom stereocenters. The van der Waals surface area contributed by atoms with E-state index in [-0.39, 0.29) is 18.0 Å². The van der Waals surface area contributed by atoms with Crippen LogP contribution in [-0.2, 0) is 23.1 Å². The van der Waals surface area contributed by atoms with Crippen LogP contribution in [0.2, 0.25) is 5.02 Å². The van der Waals surface area contributed by atoms with Crippen molar-refractivity contribution in [3.05, 3.63) is 28.3 Å². The number of carbonyl (C=O) groups is 2. The van der Waals surface area contributed by atoms with Crippen LogP contribution in [0.4, 0.5) is 5.69 Å². The number of nitrogens with zero attached hydrogens (tertiary/aromatic N) is 4. The largest absolute Gasteiger partial charge is 0.464 e. The average molecular weight is 340 g/mol. The minimum absolute atomic E-state index is 0.0671. The van der Waals surface area contributed by atoms with Gasteiger partial charge in [-0.05, 0) is 13.8 Å². The summed E-state index contributed by atoms with van der Waals surface area (Å²) < 4.78 is 7.75. The van der Waals surface area contributed by atoms with Crippen LogP contribution in [0.3, 0.4) is 0 Å². The lowest BCUT2D eigenvalue weighted by Crippen LogP contribution is -2.17. The normalized spacial score (nSPS) is 10.7. The fourth-order valence-corrected chi connectivity index (χ4v) is 2.28. The van der Waals surface area contributed by atoms with Gasteiger partial charge in [-0.1, -0.05) is 11.6 Å². The predicted octanol–water partition coefficient (Wildman–Crippen LogP) is 1.70. The Bertz CT molecular complexity index is 750. The van der Waals surface area contributed by atoms with Crippen molar-refractivity contribution < 1.29 is 14.3 Å². The molecule has 0 unspecified atom stereocenters. The van der Waals surface area contributed by atoms with Gasteiger partial charge in [0.15, 0.2) is 5.69 Å². The number of carbonyl (C=O) groups excluding carboxylic acids is 2. The van der Waals surface area contributed by atoms with E-state index >= 15 is 0 Å². The maximum absolute atomic E-state index is 12.1. The minimum Gasteiger partial charge on any atom is -0.464 e. The summed E-state index contributed by atoms with van der Waals surface area (Å²) in [4.78, 5) is 23.7. The van der Waals surface area contributed by atoms with E-state index in [1.54, 1.807) is 17.9 Å². The van der Waals surface area contributed by atoms with Crippen LogP contribution in [0.1, 0.15) is 28.3 Å². The number of halogens is 1. The highest BCUT2D eigenvalue weighted by atomic mass is 35.5. The summed E-state index contributed by atoms with van der Waals surface area (Å²) >= 11 is 6.07. The highest BCUT2D eigenvalue weighted by Gasteiger charge is 2.18. The van der Waals surface area contributed by atoms with Crippen molar-refractivity contribution in [3.8, 4) is 0 Å². The van der Waals surface area contributed by atoms with E-state index in [9.17, 15) is 9.59 Å². The van der Waals surface area contributed by atoms with Crippen molar-refractivity contribution in [1.82, 2.24) is 19.6 Å². The quantitative estimate of drug-likeness (QED) is 0.837. The number of hydrogen-bond acceptors (Lipinski definition) is 5. The molecule has 0 aromatic carbocycles. The fourth-order valence-electron chi connectivity index (χ4n) is 2.14. The Morgan fingerprint density at radius 3 is 2.61 bits per heavy atom. The third-order valence-corrected chi connectivity index (χ3v) is 3.87. The number of nitrogens with one attached hydrogen (secondary N) is 1. The summed E-state index contributed by atoms with van der Waals surface area (Å²) in [6.07, 6.45) is 1.73. The van der Waals surface area contributed by atoms with E-state index in [1.165, 1.54) is 11.8 Å². The van der Waals surface area contributed by atoms with E-state index in [0.717, 1.165) is 11.4 Å². The van der Waals surface area contributed by atoms with Gasteiger partial charge in [-0.2, -0.15) is 10.2 Å². The molecule has 2 rings (SSSR count). The van der Waals surface area contributed by atoms with E-state index < -0.39 is 5.97 Å². The van der Waals surface area contributed by atoms with Crippen molar-refractivity contribution in [2.45, 2.75) is 26.8 Å². The third-order valence-electron chi connectivity index (χ3n) is 3.33. The van der Waals surface area contributed by atoms with Crippen molar-refractivity contribution >= 4 is 29.2 Å². The van der Waals surface area contributed by atoms with E-state index in [2.05, 4.69) is 20.3 Å². The monoisotopic (exact) mass is 339 g/mol. The molecule has 0 spiro atoms. The van der Waals surface area contributed by atoms with Crippen LogP contribution in [0, 0.1) is 13.8 Å². The van der Waals surface area contributed by atoms with Gasteiger partial charge in [0.1, 0.15) is 0 Å². The van der Waals surface area contributed by atoms with Crippen molar-refractivity contribution in [1.29, 1.82) is 0 Å². The molecule has 8 nitrogen and oxygen atoms in total. The van der Waals surface area contributed by atoms with Crippen molar-refractivity contribution in [2.75, 3.05) is 12.4 Å². The van der Waals surface area contributed by atoms with Crippen LogP contribution in [0.5, 0.6) is 0 Å². The van der Waals surface area contributed by atoms with Gasteiger partial charge in [-0.25, -0.2) is 4.79 Å². The number of esters is 1. The molecular formula is C14H18ClN5O3. The molecule has 0 saturated carbocycles. The van der Waals surface area contributed by atoms with Gasteiger partial charge in [-0.3, -0.25) is 14.2 Å². The van der Waals surface area contributed by atoms with Gasteiger partial charge in [-0.15, -0.1) is 0 Å². The van der Waals surface area contributed by atoms with Crippen molar-refractivity contribution in [2.24, 2.45) is 7.05 Å². The van der Waals surface area contributed by atoms with Gasteiger partial charge in [0.25, 0.3) is 0 Å². The number of ether oxygens (including phenoxy) is 1. The smallest absolute Gasteiger partial charge is 0.360 e. The Labute approximate surface area is 138 Å². The first-order valence-electron chi connectivity index (χ1n) is 6.94. The average Bonchev–Trinajstić information content (AvgIpc) is 2.99. The maximum atomic E-state index is 12.1. The van der Waals surface area contributed by atoms with E-state index in [4.69, 9.17) is 11.6 Å². The Hall–Kier alpha value is -2.35. The lowest BCUT2D eigenvalue weighted by Gasteiger charge is -2.06. The van der Waals surface area contributed by atoms with Crippen LogP contribution in [-0.4, -0.2) is 38.5 Å². The molecule has 124 valence electrons. The molecule has 23 heavy (non-hydrogen) atoms. The zero-order valence-electron chi connectivity index (χ0n) is 13.4. The topological polar surface area (TPSA) is 91.0 Å². The SMILES string of the molecule is COC(=O)c1nn(C)cc1NC(=O)CCn1nc(C)c(Cl)c1C. The lowest BCUT2D eigenvalue weighted by molar-refractivity contribution is -0.116. The summed E-state index contributed by atoms with van der Waals surface area (Å²) in [6, 6.07) is 0. The minimum atomic E-state index is -0.605. The number of hydrogen-bond donors (Lipinski definition) is 1. The first kappa shape index (κ1) is 17.0.